The lowest BCUT2D eigenvalue weighted by Gasteiger charge is -2.56. The molecule has 0 spiro atoms. The Balaban J connectivity index is 0.000000343. The van der Waals surface area contributed by atoms with E-state index in [2.05, 4.69) is 53.0 Å². The fourth-order valence-electron chi connectivity index (χ4n) is 9.36. The molecule has 0 bridgehead atoms. The van der Waals surface area contributed by atoms with Crippen molar-refractivity contribution < 1.29 is 28.7 Å². The minimum absolute atomic E-state index is 0.151. The highest BCUT2D eigenvalue weighted by Crippen LogP contribution is 2.55. The molecule has 13 nitrogen and oxygen atoms in total. The van der Waals surface area contributed by atoms with Gasteiger partial charge in [-0.25, -0.2) is 0 Å². The lowest BCUT2D eigenvalue weighted by atomic mass is 9.53. The van der Waals surface area contributed by atoms with Crippen LogP contribution in [-0.4, -0.2) is 127 Å². The van der Waals surface area contributed by atoms with E-state index in [9.17, 15) is 24.0 Å². The van der Waals surface area contributed by atoms with E-state index in [1.165, 1.54) is 24.7 Å². The molecule has 14 heteroatoms. The van der Waals surface area contributed by atoms with E-state index >= 15 is 0 Å². The molecule has 2 amide bonds. The van der Waals surface area contributed by atoms with Gasteiger partial charge in [-0.05, 0) is 100 Å². The van der Waals surface area contributed by atoms with E-state index in [1.807, 2.05) is 56.6 Å². The molecule has 1 saturated carbocycles. The van der Waals surface area contributed by atoms with Crippen LogP contribution in [0.4, 0.5) is 11.4 Å². The summed E-state index contributed by atoms with van der Waals surface area (Å²) in [6.07, 6.45) is 6.24. The number of nitriles is 1. The van der Waals surface area contributed by atoms with Gasteiger partial charge in [0.2, 0.25) is 5.91 Å². The predicted molar refractivity (Wildman–Crippen MR) is 250 cm³/mol. The molecule has 340 valence electrons. The highest BCUT2D eigenvalue weighted by molar-refractivity contribution is 6.31. The van der Waals surface area contributed by atoms with Crippen LogP contribution in [-0.2, 0) is 9.59 Å². The summed E-state index contributed by atoms with van der Waals surface area (Å²) in [4.78, 5) is 67.8. The molecular formula is C49H66ClN7O6. The number of ether oxygens (including phenoxy) is 1. The Bertz CT molecular complexity index is 2040. The highest BCUT2D eigenvalue weighted by Gasteiger charge is 2.55. The number of likely N-dealkylation sites (N-methyl/N-ethyl adjacent to an activating group) is 2. The van der Waals surface area contributed by atoms with Crippen molar-refractivity contribution >= 4 is 53.6 Å². The molecule has 3 aromatic rings. The van der Waals surface area contributed by atoms with Crippen LogP contribution in [0.3, 0.4) is 0 Å². The summed E-state index contributed by atoms with van der Waals surface area (Å²) < 4.78 is 6.07. The van der Waals surface area contributed by atoms with Gasteiger partial charge in [0.25, 0.3) is 5.91 Å². The van der Waals surface area contributed by atoms with Crippen molar-refractivity contribution in [2.75, 3.05) is 83.8 Å². The average Bonchev–Trinajstić information content (AvgIpc) is 3.28. The molecule has 2 heterocycles. The number of halogens is 1. The van der Waals surface area contributed by atoms with Crippen molar-refractivity contribution in [2.24, 2.45) is 16.7 Å². The number of piperazine rings is 1. The number of hydrogen-bond acceptors (Lipinski definition) is 11. The summed E-state index contributed by atoms with van der Waals surface area (Å²) in [6.45, 7) is 15.5. The second-order valence-corrected chi connectivity index (χ2v) is 18.4. The van der Waals surface area contributed by atoms with Gasteiger partial charge in [-0.1, -0.05) is 39.3 Å². The lowest BCUT2D eigenvalue weighted by molar-refractivity contribution is -0.133. The molecule has 63 heavy (non-hydrogen) atoms. The van der Waals surface area contributed by atoms with Crippen molar-refractivity contribution in [2.45, 2.75) is 71.9 Å². The summed E-state index contributed by atoms with van der Waals surface area (Å²) in [6, 6.07) is 19.6. The van der Waals surface area contributed by atoms with Crippen LogP contribution in [0.1, 0.15) is 96.4 Å². The summed E-state index contributed by atoms with van der Waals surface area (Å²) >= 11 is 6.01. The Kier molecular flexibility index (Phi) is 18.7. The largest absolute Gasteiger partial charge is 0.489 e. The zero-order valence-electron chi connectivity index (χ0n) is 38.3. The molecule has 1 unspecified atom stereocenters. The fourth-order valence-corrected chi connectivity index (χ4v) is 9.57. The Hall–Kier alpha value is -5.29. The number of hydrogen-bond donors (Lipinski definition) is 2. The number of aldehydes is 3. The topological polar surface area (TPSA) is 155 Å². The number of amides is 2. The quantitative estimate of drug-likeness (QED) is 0.165. The molecule has 1 atom stereocenters. The number of nitrogens with one attached hydrogen (secondary N) is 2. The molecule has 2 aliphatic heterocycles. The number of anilines is 2. The zero-order valence-corrected chi connectivity index (χ0v) is 39.0. The zero-order chi connectivity index (χ0) is 46.3. The molecule has 2 N–H and O–H groups in total. The minimum Gasteiger partial charge on any atom is -0.489 e. The second kappa shape index (κ2) is 23.4. The maximum Gasteiger partial charge on any atom is 0.255 e. The van der Waals surface area contributed by atoms with Crippen molar-refractivity contribution in [3.05, 3.63) is 87.9 Å². The monoisotopic (exact) mass is 883 g/mol. The molecule has 3 aliphatic rings. The smallest absolute Gasteiger partial charge is 0.255 e. The van der Waals surface area contributed by atoms with Crippen LogP contribution in [0.2, 0.25) is 5.02 Å². The molecule has 6 rings (SSSR count). The van der Waals surface area contributed by atoms with Gasteiger partial charge in [-0.15, -0.1) is 0 Å². The standard InChI is InChI=1S/C32H41N5O5.C15H18ClNO.C2H7N/c1-33-31(41)30(4-3-19-38)34(2)32(42)29-10-9-28(20-26(29)23-40)37-17-15-35(16-18-37)21-24-11-13-36(14-12-24)27-7-5-25(22-39)6-8-27;1-14(2)9-15(3,4)13(14)18-11-6-5-10(8-17)12(16)7-11;1-3-2/h5-10,19-20,22-24,30H,3-4,11-18,21H2,1-2H3,(H,33,41);5-7,13H,9H2,1-4H3;3H,1-2H3. The number of rotatable bonds is 14. The van der Waals surface area contributed by atoms with E-state index < -0.39 is 11.9 Å². The molecule has 3 fully saturated rings. The van der Waals surface area contributed by atoms with Crippen LogP contribution in [0.5, 0.6) is 5.75 Å². The molecular weight excluding hydrogens is 818 g/mol. The first-order chi connectivity index (χ1) is 30.0. The summed E-state index contributed by atoms with van der Waals surface area (Å²) in [5.41, 5.74) is 4.14. The maximum atomic E-state index is 13.3. The summed E-state index contributed by atoms with van der Waals surface area (Å²) in [5.74, 6) is 0.601. The van der Waals surface area contributed by atoms with Crippen molar-refractivity contribution in [3.8, 4) is 11.8 Å². The van der Waals surface area contributed by atoms with E-state index in [1.54, 1.807) is 24.3 Å². The lowest BCUT2D eigenvalue weighted by Crippen LogP contribution is -2.58. The van der Waals surface area contributed by atoms with E-state index in [4.69, 9.17) is 21.6 Å². The van der Waals surface area contributed by atoms with Gasteiger partial charge in [-0.2, -0.15) is 5.26 Å². The molecule has 1 aliphatic carbocycles. The van der Waals surface area contributed by atoms with Gasteiger partial charge in [0.1, 0.15) is 36.5 Å². The van der Waals surface area contributed by atoms with Crippen LogP contribution >= 0.6 is 11.6 Å². The van der Waals surface area contributed by atoms with Crippen molar-refractivity contribution in [1.82, 2.24) is 20.4 Å². The Morgan fingerprint density at radius 3 is 2.00 bits per heavy atom. The van der Waals surface area contributed by atoms with E-state index in [0.717, 1.165) is 89.1 Å². The Morgan fingerprint density at radius 1 is 0.873 bits per heavy atom. The number of piperidine rings is 1. The van der Waals surface area contributed by atoms with Gasteiger partial charge in [0.05, 0.1) is 16.1 Å². The first-order valence-electron chi connectivity index (χ1n) is 21.8. The third kappa shape index (κ3) is 13.4. The van der Waals surface area contributed by atoms with Gasteiger partial charge >= 0.3 is 0 Å². The third-order valence-corrected chi connectivity index (χ3v) is 12.5. The number of carbonyl (C=O) groups is 5. The Morgan fingerprint density at radius 2 is 1.48 bits per heavy atom. The number of nitrogens with zero attached hydrogens (tertiary/aromatic N) is 5. The fraction of sp³-hybridized carbons (Fsp3) is 0.510. The number of carbonyl (C=O) groups excluding carboxylic acids is 5. The van der Waals surface area contributed by atoms with E-state index in [0.29, 0.717) is 28.4 Å². The summed E-state index contributed by atoms with van der Waals surface area (Å²) in [5, 5.41) is 14.6. The molecule has 3 aromatic carbocycles. The normalized spacial score (nSPS) is 17.5. The third-order valence-electron chi connectivity index (χ3n) is 12.2. The highest BCUT2D eigenvalue weighted by atomic mass is 35.5. The van der Waals surface area contributed by atoms with Crippen LogP contribution in [0.25, 0.3) is 0 Å². The molecule has 0 aromatic heterocycles. The van der Waals surface area contributed by atoms with Crippen molar-refractivity contribution in [3.63, 3.8) is 0 Å². The molecule has 2 saturated heterocycles. The Labute approximate surface area is 379 Å². The average molecular weight is 885 g/mol. The number of benzene rings is 3. The van der Waals surface area contributed by atoms with Gasteiger partial charge < -0.3 is 34.9 Å². The van der Waals surface area contributed by atoms with Crippen LogP contribution in [0, 0.1) is 28.1 Å². The van der Waals surface area contributed by atoms with Gasteiger partial charge in [0.15, 0.2) is 6.29 Å². The minimum atomic E-state index is -0.804. The van der Waals surface area contributed by atoms with Gasteiger partial charge in [0, 0.05) is 106 Å². The first-order valence-corrected chi connectivity index (χ1v) is 22.2. The van der Waals surface area contributed by atoms with Gasteiger partial charge in [-0.3, -0.25) is 24.1 Å². The van der Waals surface area contributed by atoms with E-state index in [-0.39, 0.29) is 46.8 Å². The molecule has 0 radical (unpaired) electrons. The van der Waals surface area contributed by atoms with Crippen LogP contribution < -0.4 is 25.2 Å². The van der Waals surface area contributed by atoms with Crippen molar-refractivity contribution in [1.29, 1.82) is 5.26 Å². The SMILES string of the molecule is CC1(C)CC(C)(C)C1Oc1ccc(C#N)c(Cl)c1.CNC.CNC(=O)C(CCC=O)N(C)C(=O)c1ccc(N2CCN(CC3CCN(c4ccc(C=O)cc4)CC3)CC2)cc1C=O. The van der Waals surface area contributed by atoms with Crippen LogP contribution in [0.15, 0.2) is 60.7 Å². The predicted octanol–water partition coefficient (Wildman–Crippen LogP) is 6.77. The first kappa shape index (κ1) is 50.4. The summed E-state index contributed by atoms with van der Waals surface area (Å²) in [7, 11) is 6.76. The maximum absolute atomic E-state index is 13.3. The second-order valence-electron chi connectivity index (χ2n) is 18.0.